The minimum atomic E-state index is -0.508. The van der Waals surface area contributed by atoms with E-state index in [2.05, 4.69) is 47.3 Å². The summed E-state index contributed by atoms with van der Waals surface area (Å²) in [5, 5.41) is 0. The molecule has 188 valence electrons. The molecule has 0 aliphatic rings. The second-order valence-corrected chi connectivity index (χ2v) is 9.59. The molecule has 0 saturated heterocycles. The van der Waals surface area contributed by atoms with Crippen LogP contribution in [0.1, 0.15) is 78.4 Å². The zero-order chi connectivity index (χ0) is 24.9. The Morgan fingerprint density at radius 1 is 0.824 bits per heavy atom. The molecule has 0 amide bonds. The smallest absolute Gasteiger partial charge is 0.126 e. The highest BCUT2D eigenvalue weighted by Crippen LogP contribution is 2.34. The van der Waals surface area contributed by atoms with E-state index in [0.717, 1.165) is 55.8 Å². The van der Waals surface area contributed by atoms with Gasteiger partial charge in [-0.3, -0.25) is 0 Å². The van der Waals surface area contributed by atoms with Gasteiger partial charge in [0, 0.05) is 25.0 Å². The maximum absolute atomic E-state index is 6.51. The molecule has 2 atom stereocenters. The van der Waals surface area contributed by atoms with Crippen molar-refractivity contribution in [2.75, 3.05) is 19.8 Å². The minimum absolute atomic E-state index is 0.0425. The Morgan fingerprint density at radius 3 is 2.21 bits per heavy atom. The Morgan fingerprint density at radius 2 is 1.53 bits per heavy atom. The van der Waals surface area contributed by atoms with E-state index in [0.29, 0.717) is 13.2 Å². The summed E-state index contributed by atoms with van der Waals surface area (Å²) < 4.78 is 24.8. The van der Waals surface area contributed by atoms with Crippen LogP contribution in [0.3, 0.4) is 0 Å². The minimum Gasteiger partial charge on any atom is -0.488 e. The first kappa shape index (κ1) is 27.9. The highest BCUT2D eigenvalue weighted by atomic mass is 16.5. The van der Waals surface area contributed by atoms with Crippen molar-refractivity contribution in [3.05, 3.63) is 72.8 Å². The van der Waals surface area contributed by atoms with Gasteiger partial charge in [0.1, 0.15) is 22.7 Å². The highest BCUT2D eigenvalue weighted by molar-refractivity contribution is 5.36. The zero-order valence-corrected chi connectivity index (χ0v) is 21.8. The van der Waals surface area contributed by atoms with Crippen molar-refractivity contribution in [1.82, 2.24) is 0 Å². The number of hydrogen-bond acceptors (Lipinski definition) is 4. The number of ether oxygens (including phenoxy) is 4. The first-order valence-electron chi connectivity index (χ1n) is 12.7. The maximum atomic E-state index is 6.51. The molecule has 4 nitrogen and oxygen atoms in total. The van der Waals surface area contributed by atoms with Crippen molar-refractivity contribution in [2.45, 2.75) is 84.0 Å². The van der Waals surface area contributed by atoms with Gasteiger partial charge in [0.15, 0.2) is 0 Å². The second kappa shape index (κ2) is 14.2. The lowest BCUT2D eigenvalue weighted by Gasteiger charge is -2.31. The first-order chi connectivity index (χ1) is 16.3. The molecule has 0 fully saturated rings. The molecule has 4 heteroatoms. The Hall–Kier alpha value is -2.30. The number of rotatable bonds is 17. The SMILES string of the molecule is C=CC(C)(CCOCCC)Oc1ccccc1C(CCC)OCCC(C)(C)Oc1ccccc1. The quantitative estimate of drug-likeness (QED) is 0.174. The van der Waals surface area contributed by atoms with Gasteiger partial charge in [-0.2, -0.15) is 0 Å². The van der Waals surface area contributed by atoms with Crippen molar-refractivity contribution in [3.63, 3.8) is 0 Å². The molecule has 2 aromatic carbocycles. The molecule has 0 bridgehead atoms. The average Bonchev–Trinajstić information content (AvgIpc) is 2.82. The maximum Gasteiger partial charge on any atom is 0.126 e. The number of para-hydroxylation sites is 2. The summed E-state index contributed by atoms with van der Waals surface area (Å²) in [4.78, 5) is 0. The van der Waals surface area contributed by atoms with E-state index in [1.165, 1.54) is 0 Å². The topological polar surface area (TPSA) is 36.9 Å². The van der Waals surface area contributed by atoms with Crippen LogP contribution in [0, 0.1) is 0 Å². The van der Waals surface area contributed by atoms with Gasteiger partial charge >= 0.3 is 0 Å². The molecular weight excluding hydrogens is 424 g/mol. The molecule has 0 heterocycles. The zero-order valence-electron chi connectivity index (χ0n) is 21.8. The third kappa shape index (κ3) is 9.52. The summed E-state index contributed by atoms with van der Waals surface area (Å²) in [5.74, 6) is 1.72. The number of benzene rings is 2. The molecule has 0 aliphatic carbocycles. The van der Waals surface area contributed by atoms with Crippen molar-refractivity contribution in [1.29, 1.82) is 0 Å². The van der Waals surface area contributed by atoms with Crippen LogP contribution in [0.2, 0.25) is 0 Å². The highest BCUT2D eigenvalue weighted by Gasteiger charge is 2.26. The van der Waals surface area contributed by atoms with Crippen molar-refractivity contribution < 1.29 is 18.9 Å². The summed E-state index contributed by atoms with van der Waals surface area (Å²) in [6, 6.07) is 18.1. The Kier molecular flexibility index (Phi) is 11.7. The average molecular weight is 469 g/mol. The van der Waals surface area contributed by atoms with Gasteiger partial charge in [-0.15, -0.1) is 0 Å². The normalized spacial score (nSPS) is 14.3. The van der Waals surface area contributed by atoms with Crippen LogP contribution in [0.25, 0.3) is 0 Å². The predicted octanol–water partition coefficient (Wildman–Crippen LogP) is 7.93. The van der Waals surface area contributed by atoms with E-state index in [9.17, 15) is 0 Å². The van der Waals surface area contributed by atoms with E-state index in [1.54, 1.807) is 0 Å². The first-order valence-corrected chi connectivity index (χ1v) is 12.7. The van der Waals surface area contributed by atoms with Crippen LogP contribution in [0.4, 0.5) is 0 Å². The second-order valence-electron chi connectivity index (χ2n) is 9.59. The molecule has 0 N–H and O–H groups in total. The van der Waals surface area contributed by atoms with Gasteiger partial charge in [-0.05, 0) is 57.9 Å². The fourth-order valence-electron chi connectivity index (χ4n) is 3.70. The van der Waals surface area contributed by atoms with Gasteiger partial charge < -0.3 is 18.9 Å². The third-order valence-electron chi connectivity index (χ3n) is 5.84. The van der Waals surface area contributed by atoms with Crippen LogP contribution in [-0.2, 0) is 9.47 Å². The monoisotopic (exact) mass is 468 g/mol. The molecule has 2 unspecified atom stereocenters. The van der Waals surface area contributed by atoms with Gasteiger partial charge in [-0.25, -0.2) is 0 Å². The van der Waals surface area contributed by atoms with Crippen LogP contribution in [-0.4, -0.2) is 31.0 Å². The van der Waals surface area contributed by atoms with Crippen molar-refractivity contribution in [3.8, 4) is 11.5 Å². The Balaban J connectivity index is 2.05. The molecule has 2 rings (SSSR count). The van der Waals surface area contributed by atoms with E-state index in [-0.39, 0.29) is 11.7 Å². The number of hydrogen-bond donors (Lipinski definition) is 0. The van der Waals surface area contributed by atoms with Gasteiger partial charge in [0.25, 0.3) is 0 Å². The summed E-state index contributed by atoms with van der Waals surface area (Å²) in [6.07, 6.45) is 6.31. The Bertz CT molecular complexity index is 833. The van der Waals surface area contributed by atoms with Gasteiger partial charge in [-0.1, -0.05) is 63.2 Å². The van der Waals surface area contributed by atoms with Gasteiger partial charge in [0.2, 0.25) is 0 Å². The largest absolute Gasteiger partial charge is 0.488 e. The lowest BCUT2D eigenvalue weighted by molar-refractivity contribution is 0.00185. The Labute approximate surface area is 207 Å². The summed E-state index contributed by atoms with van der Waals surface area (Å²) >= 11 is 0. The standard InChI is InChI=1S/C30H44O4/c1-7-15-27(32-24-20-29(4,5)33-25-16-11-10-12-17-25)26-18-13-14-19-28(26)34-30(6,9-3)21-23-31-22-8-2/h9-14,16-19,27H,3,7-8,15,20-24H2,1-2,4-6H3. The molecule has 2 aromatic rings. The summed E-state index contributed by atoms with van der Waals surface area (Å²) in [6.45, 7) is 16.6. The van der Waals surface area contributed by atoms with Crippen LogP contribution in [0.5, 0.6) is 11.5 Å². The van der Waals surface area contributed by atoms with Gasteiger partial charge in [0.05, 0.1) is 19.3 Å². The van der Waals surface area contributed by atoms with Crippen LogP contribution < -0.4 is 9.47 Å². The molecule has 0 aromatic heterocycles. The third-order valence-corrected chi connectivity index (χ3v) is 5.84. The summed E-state index contributed by atoms with van der Waals surface area (Å²) in [5.41, 5.74) is 0.244. The lowest BCUT2D eigenvalue weighted by Crippen LogP contribution is -2.32. The van der Waals surface area contributed by atoms with Crippen LogP contribution in [0.15, 0.2) is 67.3 Å². The predicted molar refractivity (Wildman–Crippen MR) is 141 cm³/mol. The van der Waals surface area contributed by atoms with Crippen molar-refractivity contribution >= 4 is 0 Å². The molecule has 0 radical (unpaired) electrons. The van der Waals surface area contributed by atoms with E-state index in [1.807, 2.05) is 54.6 Å². The van der Waals surface area contributed by atoms with E-state index in [4.69, 9.17) is 18.9 Å². The molecular formula is C30H44O4. The lowest BCUT2D eigenvalue weighted by atomic mass is 10.0. The van der Waals surface area contributed by atoms with E-state index < -0.39 is 5.60 Å². The molecule has 0 saturated carbocycles. The molecule has 34 heavy (non-hydrogen) atoms. The molecule has 0 spiro atoms. The fourth-order valence-corrected chi connectivity index (χ4v) is 3.70. The summed E-state index contributed by atoms with van der Waals surface area (Å²) in [7, 11) is 0. The van der Waals surface area contributed by atoms with Crippen molar-refractivity contribution in [2.24, 2.45) is 0 Å². The fraction of sp³-hybridized carbons (Fsp3) is 0.533. The van der Waals surface area contributed by atoms with Crippen LogP contribution >= 0.6 is 0 Å². The van der Waals surface area contributed by atoms with E-state index >= 15 is 0 Å². The molecule has 0 aliphatic heterocycles.